The van der Waals surface area contributed by atoms with E-state index < -0.39 is 0 Å². The number of hydrogen-bond acceptors (Lipinski definition) is 1. The van der Waals surface area contributed by atoms with Gasteiger partial charge in [0.2, 0.25) is 0 Å². The maximum absolute atomic E-state index is 5.70. The number of aryl methyl sites for hydroxylation is 1. The lowest BCUT2D eigenvalue weighted by atomic mass is 10.1. The molecule has 76 valence electrons. The van der Waals surface area contributed by atoms with Gasteiger partial charge in [-0.25, -0.2) is 0 Å². The average molecular weight is 190 g/mol. The van der Waals surface area contributed by atoms with Crippen molar-refractivity contribution in [3.63, 3.8) is 0 Å². The molecule has 0 saturated carbocycles. The fourth-order valence-electron chi connectivity index (χ4n) is 1.34. The second-order valence-electron chi connectivity index (χ2n) is 3.71. The van der Waals surface area contributed by atoms with Crippen LogP contribution in [0.5, 0.6) is 5.75 Å². The van der Waals surface area contributed by atoms with Gasteiger partial charge in [-0.05, 0) is 39.8 Å². The van der Waals surface area contributed by atoms with E-state index in [9.17, 15) is 0 Å². The summed E-state index contributed by atoms with van der Waals surface area (Å²) >= 11 is 0. The second kappa shape index (κ2) is 4.85. The van der Waals surface area contributed by atoms with Crippen LogP contribution in [-0.2, 0) is 0 Å². The highest BCUT2D eigenvalue weighted by Crippen LogP contribution is 2.22. The van der Waals surface area contributed by atoms with Gasteiger partial charge < -0.3 is 4.74 Å². The molecule has 1 nitrogen and oxygen atoms in total. The van der Waals surface area contributed by atoms with E-state index in [0.717, 1.165) is 11.3 Å². The van der Waals surface area contributed by atoms with E-state index in [1.807, 2.05) is 32.9 Å². The molecule has 1 aromatic rings. The fraction of sp³-hybridized carbons (Fsp3) is 0.385. The van der Waals surface area contributed by atoms with Crippen LogP contribution in [0.4, 0.5) is 0 Å². The molecule has 1 rings (SSSR count). The van der Waals surface area contributed by atoms with Gasteiger partial charge in [-0.3, -0.25) is 0 Å². The topological polar surface area (TPSA) is 9.23 Å². The minimum Gasteiger partial charge on any atom is -0.490 e. The van der Waals surface area contributed by atoms with Crippen LogP contribution in [-0.4, -0.2) is 6.10 Å². The molecule has 0 saturated heterocycles. The van der Waals surface area contributed by atoms with Crippen LogP contribution in [0.15, 0.2) is 24.3 Å². The second-order valence-corrected chi connectivity index (χ2v) is 3.71. The molecule has 1 heteroatoms. The lowest BCUT2D eigenvalue weighted by Crippen LogP contribution is -2.06. The molecular weight excluding hydrogens is 172 g/mol. The van der Waals surface area contributed by atoms with Crippen molar-refractivity contribution in [3.8, 4) is 5.75 Å². The third kappa shape index (κ3) is 2.91. The Hall–Kier alpha value is -1.24. The molecule has 0 amide bonds. The predicted molar refractivity (Wildman–Crippen MR) is 61.7 cm³/mol. The monoisotopic (exact) mass is 190 g/mol. The minimum absolute atomic E-state index is 0.224. The SMILES string of the molecule is C/C=C/c1cc(C)ccc1OC(C)C. The van der Waals surface area contributed by atoms with E-state index in [-0.39, 0.29) is 6.10 Å². The summed E-state index contributed by atoms with van der Waals surface area (Å²) in [5, 5.41) is 0. The van der Waals surface area contributed by atoms with Crippen LogP contribution in [0.3, 0.4) is 0 Å². The molecular formula is C13H18O. The van der Waals surface area contributed by atoms with Crippen LogP contribution >= 0.6 is 0 Å². The number of benzene rings is 1. The molecule has 1 aromatic carbocycles. The van der Waals surface area contributed by atoms with Crippen molar-refractivity contribution in [1.82, 2.24) is 0 Å². The first-order chi connectivity index (χ1) is 6.63. The normalized spacial score (nSPS) is 11.2. The lowest BCUT2D eigenvalue weighted by molar-refractivity contribution is 0.242. The quantitative estimate of drug-likeness (QED) is 0.704. The molecule has 0 radical (unpaired) electrons. The van der Waals surface area contributed by atoms with Gasteiger partial charge in [-0.2, -0.15) is 0 Å². The highest BCUT2D eigenvalue weighted by molar-refractivity contribution is 5.58. The fourth-order valence-corrected chi connectivity index (χ4v) is 1.34. The van der Waals surface area contributed by atoms with E-state index >= 15 is 0 Å². The first-order valence-corrected chi connectivity index (χ1v) is 5.03. The number of rotatable bonds is 3. The highest BCUT2D eigenvalue weighted by Gasteiger charge is 2.02. The Labute approximate surface area is 86.4 Å². The maximum Gasteiger partial charge on any atom is 0.126 e. The predicted octanol–water partition coefficient (Wildman–Crippen LogP) is 3.82. The van der Waals surface area contributed by atoms with Crippen molar-refractivity contribution < 1.29 is 4.74 Å². The molecule has 0 unspecified atom stereocenters. The summed E-state index contributed by atoms with van der Waals surface area (Å²) in [7, 11) is 0. The standard InChI is InChI=1S/C13H18O/c1-5-6-12-9-11(4)7-8-13(12)14-10(2)3/h5-10H,1-4H3/b6-5+. The molecule has 0 aliphatic carbocycles. The van der Waals surface area contributed by atoms with E-state index in [1.54, 1.807) is 0 Å². The van der Waals surface area contributed by atoms with Crippen molar-refractivity contribution in [2.24, 2.45) is 0 Å². The van der Waals surface area contributed by atoms with Crippen molar-refractivity contribution >= 4 is 6.08 Å². The van der Waals surface area contributed by atoms with Gasteiger partial charge in [-0.15, -0.1) is 0 Å². The van der Waals surface area contributed by atoms with Crippen LogP contribution < -0.4 is 4.74 Å². The summed E-state index contributed by atoms with van der Waals surface area (Å²) in [5.41, 5.74) is 2.41. The van der Waals surface area contributed by atoms with Gasteiger partial charge in [0.15, 0.2) is 0 Å². The zero-order valence-electron chi connectivity index (χ0n) is 9.37. The molecule has 0 aromatic heterocycles. The average Bonchev–Trinajstić information content (AvgIpc) is 2.09. The van der Waals surface area contributed by atoms with Gasteiger partial charge in [0.1, 0.15) is 5.75 Å². The molecule has 0 heterocycles. The smallest absolute Gasteiger partial charge is 0.126 e. The number of ether oxygens (including phenoxy) is 1. The maximum atomic E-state index is 5.70. The molecule has 0 atom stereocenters. The van der Waals surface area contributed by atoms with Crippen LogP contribution in [0.1, 0.15) is 31.9 Å². The number of allylic oxidation sites excluding steroid dienone is 1. The van der Waals surface area contributed by atoms with Crippen LogP contribution in [0.2, 0.25) is 0 Å². The van der Waals surface area contributed by atoms with Gasteiger partial charge >= 0.3 is 0 Å². The van der Waals surface area contributed by atoms with Crippen LogP contribution in [0.25, 0.3) is 6.08 Å². The lowest BCUT2D eigenvalue weighted by Gasteiger charge is -2.12. The summed E-state index contributed by atoms with van der Waals surface area (Å²) < 4.78 is 5.70. The van der Waals surface area contributed by atoms with Crippen molar-refractivity contribution in [2.75, 3.05) is 0 Å². The first-order valence-electron chi connectivity index (χ1n) is 5.03. The summed E-state index contributed by atoms with van der Waals surface area (Å²) in [5.74, 6) is 0.962. The van der Waals surface area contributed by atoms with Gasteiger partial charge in [0.25, 0.3) is 0 Å². The summed E-state index contributed by atoms with van der Waals surface area (Å²) in [6, 6.07) is 6.24. The van der Waals surface area contributed by atoms with E-state index in [4.69, 9.17) is 4.74 Å². The Morgan fingerprint density at radius 1 is 1.29 bits per heavy atom. The molecule has 14 heavy (non-hydrogen) atoms. The molecule has 0 bridgehead atoms. The Morgan fingerprint density at radius 2 is 2.00 bits per heavy atom. The molecule has 0 fully saturated rings. The van der Waals surface area contributed by atoms with E-state index in [1.165, 1.54) is 5.56 Å². The Bertz CT molecular complexity index is 324. The highest BCUT2D eigenvalue weighted by atomic mass is 16.5. The Balaban J connectivity index is 3.01. The van der Waals surface area contributed by atoms with Crippen molar-refractivity contribution in [3.05, 3.63) is 35.4 Å². The third-order valence-corrected chi connectivity index (χ3v) is 1.87. The van der Waals surface area contributed by atoms with Crippen molar-refractivity contribution in [1.29, 1.82) is 0 Å². The minimum atomic E-state index is 0.224. The molecule has 0 N–H and O–H groups in total. The van der Waals surface area contributed by atoms with E-state index in [0.29, 0.717) is 0 Å². The summed E-state index contributed by atoms with van der Waals surface area (Å²) in [6.07, 6.45) is 4.33. The van der Waals surface area contributed by atoms with Gasteiger partial charge in [0.05, 0.1) is 6.10 Å². The van der Waals surface area contributed by atoms with Gasteiger partial charge in [-0.1, -0.05) is 23.8 Å². The van der Waals surface area contributed by atoms with E-state index in [2.05, 4.69) is 25.1 Å². The molecule has 0 spiro atoms. The third-order valence-electron chi connectivity index (χ3n) is 1.87. The Morgan fingerprint density at radius 3 is 2.57 bits per heavy atom. The molecule has 0 aliphatic heterocycles. The van der Waals surface area contributed by atoms with Gasteiger partial charge in [0, 0.05) is 5.56 Å². The summed E-state index contributed by atoms with van der Waals surface area (Å²) in [4.78, 5) is 0. The molecule has 0 aliphatic rings. The first kappa shape index (κ1) is 10.8. The zero-order valence-corrected chi connectivity index (χ0v) is 9.37. The zero-order chi connectivity index (χ0) is 10.6. The summed E-state index contributed by atoms with van der Waals surface area (Å²) in [6.45, 7) is 8.19. The number of hydrogen-bond donors (Lipinski definition) is 0. The van der Waals surface area contributed by atoms with Crippen LogP contribution in [0, 0.1) is 6.92 Å². The Kier molecular flexibility index (Phi) is 3.75. The largest absolute Gasteiger partial charge is 0.490 e. The van der Waals surface area contributed by atoms with Crippen molar-refractivity contribution in [2.45, 2.75) is 33.8 Å².